The largest absolute Gasteiger partial charge is 0.330 e. The first-order valence-corrected chi connectivity index (χ1v) is 4.53. The van der Waals surface area contributed by atoms with Gasteiger partial charge in [0.1, 0.15) is 0 Å². The van der Waals surface area contributed by atoms with Crippen molar-refractivity contribution >= 4 is 0 Å². The van der Waals surface area contributed by atoms with Crippen molar-refractivity contribution < 1.29 is 0 Å². The van der Waals surface area contributed by atoms with E-state index in [-0.39, 0.29) is 0 Å². The first kappa shape index (κ1) is 8.75. The van der Waals surface area contributed by atoms with Gasteiger partial charge in [-0.2, -0.15) is 0 Å². The van der Waals surface area contributed by atoms with Crippen LogP contribution < -0.4 is 11.1 Å². The van der Waals surface area contributed by atoms with Crippen LogP contribution >= 0.6 is 0 Å². The molecule has 1 rings (SSSR count). The third-order valence-electron chi connectivity index (χ3n) is 2.05. The van der Waals surface area contributed by atoms with Gasteiger partial charge in [0.05, 0.1) is 0 Å². The maximum absolute atomic E-state index is 5.37. The number of piperidine rings is 1. The summed E-state index contributed by atoms with van der Waals surface area (Å²) >= 11 is 0. The van der Waals surface area contributed by atoms with Gasteiger partial charge in [0.25, 0.3) is 0 Å². The van der Waals surface area contributed by atoms with Gasteiger partial charge in [-0.1, -0.05) is 18.6 Å². The van der Waals surface area contributed by atoms with Gasteiger partial charge in [-0.05, 0) is 32.4 Å². The van der Waals surface area contributed by atoms with Gasteiger partial charge in [0, 0.05) is 6.04 Å². The maximum Gasteiger partial charge on any atom is 0.0250 e. The quantitative estimate of drug-likeness (QED) is 0.596. The third kappa shape index (κ3) is 3.54. The van der Waals surface area contributed by atoms with Crippen molar-refractivity contribution in [1.82, 2.24) is 5.32 Å². The highest BCUT2D eigenvalue weighted by molar-refractivity contribution is 4.94. The molecule has 1 saturated heterocycles. The van der Waals surface area contributed by atoms with Crippen LogP contribution in [0.3, 0.4) is 0 Å². The number of hydrogen-bond donors (Lipinski definition) is 2. The second-order valence-corrected chi connectivity index (χ2v) is 3.06. The molecule has 0 spiro atoms. The predicted octanol–water partition coefficient (Wildman–Crippen LogP) is 1.03. The molecule has 0 aromatic carbocycles. The molecule has 0 saturated carbocycles. The normalized spacial score (nSPS) is 26.1. The molecule has 2 nitrogen and oxygen atoms in total. The van der Waals surface area contributed by atoms with E-state index in [9.17, 15) is 0 Å². The van der Waals surface area contributed by atoms with Crippen molar-refractivity contribution in [2.24, 2.45) is 5.73 Å². The number of nitrogens with two attached hydrogens (primary N) is 1. The molecule has 11 heavy (non-hydrogen) atoms. The van der Waals surface area contributed by atoms with E-state index in [2.05, 4.69) is 17.5 Å². The lowest BCUT2D eigenvalue weighted by Gasteiger charge is -2.19. The Morgan fingerprint density at radius 2 is 2.36 bits per heavy atom. The van der Waals surface area contributed by atoms with E-state index < -0.39 is 0 Å². The smallest absolute Gasteiger partial charge is 0.0250 e. The summed E-state index contributed by atoms with van der Waals surface area (Å²) in [5.41, 5.74) is 5.37. The second-order valence-electron chi connectivity index (χ2n) is 3.06. The Morgan fingerprint density at radius 3 is 3.00 bits per heavy atom. The van der Waals surface area contributed by atoms with Crippen molar-refractivity contribution in [1.29, 1.82) is 0 Å². The number of nitrogens with one attached hydrogen (secondary N) is 1. The summed E-state index contributed by atoms with van der Waals surface area (Å²) in [6.45, 7) is 1.95. The van der Waals surface area contributed by atoms with Crippen molar-refractivity contribution in [3.8, 4) is 0 Å². The third-order valence-corrected chi connectivity index (χ3v) is 2.05. The first-order valence-electron chi connectivity index (χ1n) is 4.53. The average Bonchev–Trinajstić information content (AvgIpc) is 2.07. The Balaban J connectivity index is 2.13. The lowest BCUT2D eigenvalue weighted by molar-refractivity contribution is 0.454. The SMILES string of the molecule is NCC/C=C\C1CCCCN1. The summed E-state index contributed by atoms with van der Waals surface area (Å²) in [5, 5.41) is 3.45. The lowest BCUT2D eigenvalue weighted by atomic mass is 10.0. The van der Waals surface area contributed by atoms with E-state index in [0.717, 1.165) is 13.0 Å². The molecule has 1 aliphatic heterocycles. The van der Waals surface area contributed by atoms with E-state index in [0.29, 0.717) is 6.04 Å². The minimum absolute atomic E-state index is 0.621. The summed E-state index contributed by atoms with van der Waals surface area (Å²) in [5.74, 6) is 0. The summed E-state index contributed by atoms with van der Waals surface area (Å²) in [6, 6.07) is 0.621. The van der Waals surface area contributed by atoms with Crippen molar-refractivity contribution in [2.45, 2.75) is 31.7 Å². The van der Waals surface area contributed by atoms with Crippen LogP contribution in [0.15, 0.2) is 12.2 Å². The van der Waals surface area contributed by atoms with Crippen molar-refractivity contribution in [3.05, 3.63) is 12.2 Å². The monoisotopic (exact) mass is 154 g/mol. The Hall–Kier alpha value is -0.340. The van der Waals surface area contributed by atoms with Crippen LogP contribution in [0.5, 0.6) is 0 Å². The van der Waals surface area contributed by atoms with Gasteiger partial charge >= 0.3 is 0 Å². The highest BCUT2D eigenvalue weighted by Gasteiger charge is 2.07. The summed E-state index contributed by atoms with van der Waals surface area (Å²) in [6.07, 6.45) is 9.44. The molecule has 2 heteroatoms. The first-order chi connectivity index (χ1) is 5.43. The Kier molecular flexibility index (Phi) is 4.24. The van der Waals surface area contributed by atoms with Gasteiger partial charge in [-0.15, -0.1) is 0 Å². The topological polar surface area (TPSA) is 38.0 Å². The van der Waals surface area contributed by atoms with E-state index >= 15 is 0 Å². The van der Waals surface area contributed by atoms with Gasteiger partial charge in [-0.3, -0.25) is 0 Å². The molecule has 0 aromatic rings. The zero-order valence-electron chi connectivity index (χ0n) is 7.05. The predicted molar refractivity (Wildman–Crippen MR) is 48.5 cm³/mol. The Bertz CT molecular complexity index is 115. The average molecular weight is 154 g/mol. The van der Waals surface area contributed by atoms with Gasteiger partial charge in [0.2, 0.25) is 0 Å². The molecule has 0 aliphatic carbocycles. The fourth-order valence-corrected chi connectivity index (χ4v) is 1.40. The molecule has 0 radical (unpaired) electrons. The highest BCUT2D eigenvalue weighted by Crippen LogP contribution is 2.07. The minimum atomic E-state index is 0.621. The molecule has 0 aromatic heterocycles. The Morgan fingerprint density at radius 1 is 1.45 bits per heavy atom. The lowest BCUT2D eigenvalue weighted by Crippen LogP contribution is -2.32. The Labute approximate surface area is 68.9 Å². The van der Waals surface area contributed by atoms with E-state index in [4.69, 9.17) is 5.73 Å². The molecule has 1 aliphatic rings. The van der Waals surface area contributed by atoms with Crippen LogP contribution in [-0.2, 0) is 0 Å². The van der Waals surface area contributed by atoms with Crippen LogP contribution in [0, 0.1) is 0 Å². The maximum atomic E-state index is 5.37. The second kappa shape index (κ2) is 5.33. The fourth-order valence-electron chi connectivity index (χ4n) is 1.40. The van der Waals surface area contributed by atoms with Crippen LogP contribution in [-0.4, -0.2) is 19.1 Å². The van der Waals surface area contributed by atoms with Crippen LogP contribution in [0.2, 0.25) is 0 Å². The fraction of sp³-hybridized carbons (Fsp3) is 0.778. The molecule has 0 amide bonds. The van der Waals surface area contributed by atoms with E-state index in [1.54, 1.807) is 0 Å². The molecule has 1 heterocycles. The standard InChI is InChI=1S/C9H18N2/c10-7-3-1-5-9-6-2-4-8-11-9/h1,5,9,11H,2-4,6-8,10H2/b5-1-. The zero-order chi connectivity index (χ0) is 7.94. The van der Waals surface area contributed by atoms with Crippen LogP contribution in [0.25, 0.3) is 0 Å². The summed E-state index contributed by atoms with van der Waals surface area (Å²) < 4.78 is 0. The van der Waals surface area contributed by atoms with E-state index in [1.165, 1.54) is 25.8 Å². The van der Waals surface area contributed by atoms with Crippen molar-refractivity contribution in [2.75, 3.05) is 13.1 Å². The van der Waals surface area contributed by atoms with Crippen molar-refractivity contribution in [3.63, 3.8) is 0 Å². The molecular formula is C9H18N2. The molecule has 1 atom stereocenters. The zero-order valence-corrected chi connectivity index (χ0v) is 7.05. The number of hydrogen-bond acceptors (Lipinski definition) is 2. The van der Waals surface area contributed by atoms with Gasteiger partial charge in [-0.25, -0.2) is 0 Å². The molecule has 1 unspecified atom stereocenters. The molecule has 1 fully saturated rings. The number of rotatable bonds is 3. The minimum Gasteiger partial charge on any atom is -0.330 e. The molecule has 0 bridgehead atoms. The summed E-state index contributed by atoms with van der Waals surface area (Å²) in [7, 11) is 0. The van der Waals surface area contributed by atoms with Gasteiger partial charge < -0.3 is 11.1 Å². The molecule has 64 valence electrons. The van der Waals surface area contributed by atoms with Gasteiger partial charge in [0.15, 0.2) is 0 Å². The van der Waals surface area contributed by atoms with Crippen LogP contribution in [0.1, 0.15) is 25.7 Å². The van der Waals surface area contributed by atoms with E-state index in [1.807, 2.05) is 0 Å². The summed E-state index contributed by atoms with van der Waals surface area (Å²) in [4.78, 5) is 0. The molecular weight excluding hydrogens is 136 g/mol. The highest BCUT2D eigenvalue weighted by atomic mass is 14.9. The van der Waals surface area contributed by atoms with Crippen LogP contribution in [0.4, 0.5) is 0 Å². The molecule has 3 N–H and O–H groups in total.